The van der Waals surface area contributed by atoms with Crippen LogP contribution in [-0.2, 0) is 19.3 Å². The van der Waals surface area contributed by atoms with Crippen LogP contribution < -0.4 is 5.32 Å². The SMILES string of the molecule is CNC[C@@H]1CCCN1C[C@H](Cc1ccccc1)N(C)C[C@H](Cc1ccc(O)cc1)N(C)C[C@H](Cc1ccc(O)cc1)N(C)C. The number of aromatic hydroxyl groups is 2. The molecule has 7 nitrogen and oxygen atoms in total. The van der Waals surface area contributed by atoms with E-state index in [0.29, 0.717) is 29.6 Å². The fourth-order valence-corrected chi connectivity index (χ4v) is 6.66. The van der Waals surface area contributed by atoms with Gasteiger partial charge in [-0.05, 0) is 115 Å². The second-order valence-electron chi connectivity index (χ2n) is 13.1. The van der Waals surface area contributed by atoms with Gasteiger partial charge in [0.15, 0.2) is 0 Å². The largest absolute Gasteiger partial charge is 0.508 e. The predicted molar refractivity (Wildman–Crippen MR) is 183 cm³/mol. The van der Waals surface area contributed by atoms with Crippen LogP contribution in [0.25, 0.3) is 0 Å². The van der Waals surface area contributed by atoms with Crippen molar-refractivity contribution in [3.8, 4) is 11.5 Å². The van der Waals surface area contributed by atoms with Gasteiger partial charge in [0.05, 0.1) is 0 Å². The lowest BCUT2D eigenvalue weighted by molar-refractivity contribution is 0.100. The van der Waals surface area contributed by atoms with Crippen molar-refractivity contribution < 1.29 is 10.2 Å². The molecule has 7 heteroatoms. The average Bonchev–Trinajstić information content (AvgIpc) is 3.45. The highest BCUT2D eigenvalue weighted by molar-refractivity contribution is 5.27. The Morgan fingerprint density at radius 3 is 1.77 bits per heavy atom. The molecule has 3 N–H and O–H groups in total. The number of hydrogen-bond acceptors (Lipinski definition) is 7. The maximum atomic E-state index is 9.94. The molecule has 1 fully saturated rings. The van der Waals surface area contributed by atoms with Crippen molar-refractivity contribution in [1.29, 1.82) is 0 Å². The van der Waals surface area contributed by atoms with Crippen molar-refractivity contribution in [1.82, 2.24) is 24.9 Å². The number of phenolic OH excluding ortho intramolecular Hbond substituents is 2. The molecule has 1 aliphatic heterocycles. The fourth-order valence-electron chi connectivity index (χ4n) is 6.66. The predicted octanol–water partition coefficient (Wildman–Crippen LogP) is 4.34. The van der Waals surface area contributed by atoms with Crippen LogP contribution in [0.1, 0.15) is 29.5 Å². The van der Waals surface area contributed by atoms with Crippen LogP contribution in [0.3, 0.4) is 0 Å². The molecule has 0 radical (unpaired) electrons. The van der Waals surface area contributed by atoms with Gasteiger partial charge >= 0.3 is 0 Å². The van der Waals surface area contributed by atoms with Crippen LogP contribution in [0.4, 0.5) is 0 Å². The minimum absolute atomic E-state index is 0.289. The lowest BCUT2D eigenvalue weighted by atomic mass is 9.99. The molecular weight excluding hydrogens is 546 g/mol. The number of phenols is 2. The van der Waals surface area contributed by atoms with Gasteiger partial charge in [0.1, 0.15) is 11.5 Å². The van der Waals surface area contributed by atoms with Gasteiger partial charge in [-0.15, -0.1) is 0 Å². The molecule has 0 amide bonds. The van der Waals surface area contributed by atoms with Gasteiger partial charge < -0.3 is 30.2 Å². The first-order valence-corrected chi connectivity index (χ1v) is 16.3. The third-order valence-corrected chi connectivity index (χ3v) is 9.49. The number of nitrogens with zero attached hydrogens (tertiary/aromatic N) is 4. The number of benzene rings is 3. The molecule has 0 aliphatic carbocycles. The standard InChI is InChI=1S/C37H55N5O2/c1-38-25-32-12-9-21-42(32)28-35(23-29-10-7-6-8-11-29)41(5)27-34(24-31-15-19-37(44)20-16-31)40(4)26-33(39(2)3)22-30-13-17-36(43)18-14-30/h6-8,10-11,13-20,32-35,38,43-44H,9,12,21-28H2,1-5H3/t32-,33-,34-,35-/m0/s1. The Kier molecular flexibility index (Phi) is 13.1. The summed E-state index contributed by atoms with van der Waals surface area (Å²) in [5.74, 6) is 0.613. The number of nitrogens with one attached hydrogen (secondary N) is 1. The van der Waals surface area contributed by atoms with Gasteiger partial charge in [-0.1, -0.05) is 54.6 Å². The molecule has 1 aliphatic rings. The first-order valence-electron chi connectivity index (χ1n) is 16.3. The zero-order valence-corrected chi connectivity index (χ0v) is 27.6. The maximum absolute atomic E-state index is 9.94. The van der Waals surface area contributed by atoms with E-state index in [9.17, 15) is 10.2 Å². The molecule has 3 aromatic rings. The summed E-state index contributed by atoms with van der Waals surface area (Å²) in [6.45, 7) is 5.14. The van der Waals surface area contributed by atoms with Crippen molar-refractivity contribution in [3.05, 3.63) is 95.6 Å². The van der Waals surface area contributed by atoms with E-state index >= 15 is 0 Å². The average molecular weight is 602 g/mol. The molecule has 4 atom stereocenters. The topological polar surface area (TPSA) is 65.4 Å². The summed E-state index contributed by atoms with van der Waals surface area (Å²) in [7, 11) is 11.0. The Morgan fingerprint density at radius 2 is 1.20 bits per heavy atom. The minimum atomic E-state index is 0.289. The van der Waals surface area contributed by atoms with Crippen LogP contribution in [0, 0.1) is 0 Å². The first kappa shape index (κ1) is 33.9. The van der Waals surface area contributed by atoms with Crippen LogP contribution in [0.15, 0.2) is 78.9 Å². The third kappa shape index (κ3) is 10.3. The molecule has 44 heavy (non-hydrogen) atoms. The Labute approximate surface area is 266 Å². The van der Waals surface area contributed by atoms with E-state index < -0.39 is 0 Å². The van der Waals surface area contributed by atoms with Crippen molar-refractivity contribution >= 4 is 0 Å². The van der Waals surface area contributed by atoms with E-state index in [4.69, 9.17) is 0 Å². The van der Waals surface area contributed by atoms with Crippen LogP contribution in [0.2, 0.25) is 0 Å². The Balaban J connectivity index is 1.54. The lowest BCUT2D eigenvalue weighted by Gasteiger charge is -2.40. The summed E-state index contributed by atoms with van der Waals surface area (Å²) in [6.07, 6.45) is 5.38. The molecule has 240 valence electrons. The molecule has 0 spiro atoms. The molecule has 0 saturated carbocycles. The first-order chi connectivity index (χ1) is 21.2. The molecule has 0 aromatic heterocycles. The molecular formula is C37H55N5O2. The van der Waals surface area contributed by atoms with E-state index in [-0.39, 0.29) is 6.04 Å². The number of likely N-dealkylation sites (tertiary alicyclic amines) is 1. The molecule has 1 saturated heterocycles. The van der Waals surface area contributed by atoms with Crippen LogP contribution in [-0.4, -0.2) is 122 Å². The zero-order valence-electron chi connectivity index (χ0n) is 27.6. The number of hydrogen-bond donors (Lipinski definition) is 3. The monoisotopic (exact) mass is 601 g/mol. The van der Waals surface area contributed by atoms with E-state index in [1.807, 2.05) is 12.1 Å². The van der Waals surface area contributed by atoms with Crippen molar-refractivity contribution in [2.24, 2.45) is 0 Å². The van der Waals surface area contributed by atoms with Crippen LogP contribution >= 0.6 is 0 Å². The summed E-state index contributed by atoms with van der Waals surface area (Å²) >= 11 is 0. The number of likely N-dealkylation sites (N-methyl/N-ethyl adjacent to an activating group) is 4. The summed E-state index contributed by atoms with van der Waals surface area (Å²) in [5, 5.41) is 23.1. The highest BCUT2D eigenvalue weighted by Crippen LogP contribution is 2.22. The summed E-state index contributed by atoms with van der Waals surface area (Å²) < 4.78 is 0. The van der Waals surface area contributed by atoms with Crippen LogP contribution in [0.5, 0.6) is 11.5 Å². The van der Waals surface area contributed by atoms with Gasteiger partial charge in [-0.25, -0.2) is 0 Å². The molecule has 1 heterocycles. The smallest absolute Gasteiger partial charge is 0.115 e. The van der Waals surface area contributed by atoms with Crippen molar-refractivity contribution in [2.45, 2.75) is 56.3 Å². The van der Waals surface area contributed by atoms with E-state index in [0.717, 1.165) is 45.4 Å². The van der Waals surface area contributed by atoms with E-state index in [2.05, 4.69) is 103 Å². The van der Waals surface area contributed by atoms with Gasteiger partial charge in [0, 0.05) is 50.3 Å². The van der Waals surface area contributed by atoms with Gasteiger partial charge in [0.25, 0.3) is 0 Å². The third-order valence-electron chi connectivity index (χ3n) is 9.49. The van der Waals surface area contributed by atoms with Gasteiger partial charge in [-0.2, -0.15) is 0 Å². The summed E-state index contributed by atoms with van der Waals surface area (Å²) in [4.78, 5) is 10.2. The van der Waals surface area contributed by atoms with Crippen molar-refractivity contribution in [2.75, 3.05) is 68.0 Å². The minimum Gasteiger partial charge on any atom is -0.508 e. The van der Waals surface area contributed by atoms with E-state index in [1.54, 1.807) is 24.3 Å². The molecule has 4 rings (SSSR count). The molecule has 3 aromatic carbocycles. The normalized spacial score (nSPS) is 17.9. The Morgan fingerprint density at radius 1 is 0.705 bits per heavy atom. The fraction of sp³-hybridized carbons (Fsp3) is 0.514. The maximum Gasteiger partial charge on any atom is 0.115 e. The van der Waals surface area contributed by atoms with Crippen molar-refractivity contribution in [3.63, 3.8) is 0 Å². The lowest BCUT2D eigenvalue weighted by Crippen LogP contribution is -2.53. The second kappa shape index (κ2) is 16.9. The highest BCUT2D eigenvalue weighted by Gasteiger charge is 2.30. The summed E-state index contributed by atoms with van der Waals surface area (Å²) in [5.41, 5.74) is 3.85. The highest BCUT2D eigenvalue weighted by atomic mass is 16.3. The molecule has 0 bridgehead atoms. The Bertz CT molecular complexity index is 1220. The van der Waals surface area contributed by atoms with Gasteiger partial charge in [0.2, 0.25) is 0 Å². The van der Waals surface area contributed by atoms with Gasteiger partial charge in [-0.3, -0.25) is 4.90 Å². The second-order valence-corrected chi connectivity index (χ2v) is 13.1. The van der Waals surface area contributed by atoms with E-state index in [1.165, 1.54) is 36.1 Å². The number of rotatable bonds is 17. The quantitative estimate of drug-likeness (QED) is 0.213. The summed E-state index contributed by atoms with van der Waals surface area (Å²) in [6, 6.07) is 27.9. The Hall–Kier alpha value is -2.94. The molecule has 0 unspecified atom stereocenters. The zero-order chi connectivity index (χ0) is 31.5.